The summed E-state index contributed by atoms with van der Waals surface area (Å²) in [6, 6.07) is 4.08. The lowest BCUT2D eigenvalue weighted by atomic mass is 10.2. The number of hydrogen-bond acceptors (Lipinski definition) is 4. The van der Waals surface area contributed by atoms with E-state index in [-0.39, 0.29) is 16.6 Å². The molecule has 2 aromatic rings. The number of benzene rings is 1. The second-order valence-electron chi connectivity index (χ2n) is 4.38. The summed E-state index contributed by atoms with van der Waals surface area (Å²) in [5, 5.41) is 4.80. The monoisotopic (exact) mass is 313 g/mol. The third-order valence-corrected chi connectivity index (χ3v) is 3.61. The number of nitrogens with two attached hydrogens (primary N) is 1. The van der Waals surface area contributed by atoms with Crippen LogP contribution in [0.3, 0.4) is 0 Å². The van der Waals surface area contributed by atoms with Crippen molar-refractivity contribution in [3.8, 4) is 0 Å². The summed E-state index contributed by atoms with van der Waals surface area (Å²) in [5.74, 6) is -1.28. The van der Waals surface area contributed by atoms with E-state index < -0.39 is 11.7 Å². The second kappa shape index (κ2) is 6.30. The molecule has 1 heterocycles. The highest BCUT2D eigenvalue weighted by Gasteiger charge is 2.17. The molecule has 0 aliphatic carbocycles. The van der Waals surface area contributed by atoms with E-state index in [0.29, 0.717) is 11.6 Å². The maximum absolute atomic E-state index is 13.6. The topological polar surface area (TPSA) is 68.0 Å². The molecule has 106 valence electrons. The van der Waals surface area contributed by atoms with E-state index in [1.807, 2.05) is 12.3 Å². The first-order valence-corrected chi connectivity index (χ1v) is 7.18. The Kier molecular flexibility index (Phi) is 4.69. The van der Waals surface area contributed by atoms with Crippen LogP contribution in [0.25, 0.3) is 0 Å². The molecule has 0 saturated carbocycles. The Morgan fingerprint density at radius 3 is 3.00 bits per heavy atom. The van der Waals surface area contributed by atoms with E-state index in [0.717, 1.165) is 5.69 Å². The Morgan fingerprint density at radius 2 is 2.35 bits per heavy atom. The van der Waals surface area contributed by atoms with Crippen molar-refractivity contribution in [1.82, 2.24) is 4.98 Å². The average Bonchev–Trinajstić information content (AvgIpc) is 2.75. The Hall–Kier alpha value is -1.50. The molecular weight excluding hydrogens is 301 g/mol. The maximum Gasteiger partial charge on any atom is 0.261 e. The summed E-state index contributed by atoms with van der Waals surface area (Å²) in [6.07, 6.45) is 0.618. The predicted octanol–water partition coefficient (Wildman–Crippen LogP) is 3.08. The zero-order valence-corrected chi connectivity index (χ0v) is 12.3. The van der Waals surface area contributed by atoms with Gasteiger partial charge in [-0.1, -0.05) is 17.7 Å². The minimum absolute atomic E-state index is 0.0123. The smallest absolute Gasteiger partial charge is 0.261 e. The van der Waals surface area contributed by atoms with E-state index in [9.17, 15) is 9.18 Å². The lowest BCUT2D eigenvalue weighted by molar-refractivity contribution is 0.102. The maximum atomic E-state index is 13.6. The highest BCUT2D eigenvalue weighted by Crippen LogP contribution is 2.22. The molecule has 0 aliphatic rings. The van der Waals surface area contributed by atoms with Crippen molar-refractivity contribution in [2.24, 2.45) is 5.73 Å². The zero-order chi connectivity index (χ0) is 14.7. The van der Waals surface area contributed by atoms with Gasteiger partial charge in [-0.2, -0.15) is 0 Å². The third-order valence-electron chi connectivity index (χ3n) is 2.49. The second-order valence-corrected chi connectivity index (χ2v) is 5.64. The van der Waals surface area contributed by atoms with E-state index in [1.54, 1.807) is 0 Å². The van der Waals surface area contributed by atoms with E-state index >= 15 is 0 Å². The zero-order valence-electron chi connectivity index (χ0n) is 10.7. The average molecular weight is 314 g/mol. The van der Waals surface area contributed by atoms with Crippen molar-refractivity contribution in [2.75, 3.05) is 5.32 Å². The van der Waals surface area contributed by atoms with Crippen LogP contribution in [0, 0.1) is 5.82 Å². The Morgan fingerprint density at radius 1 is 1.60 bits per heavy atom. The molecule has 0 bridgehead atoms. The van der Waals surface area contributed by atoms with Crippen LogP contribution in [0.2, 0.25) is 5.02 Å². The largest absolute Gasteiger partial charge is 0.328 e. The predicted molar refractivity (Wildman–Crippen MR) is 78.8 cm³/mol. The van der Waals surface area contributed by atoms with Gasteiger partial charge < -0.3 is 5.73 Å². The summed E-state index contributed by atoms with van der Waals surface area (Å²) < 4.78 is 13.6. The Labute approximate surface area is 124 Å². The van der Waals surface area contributed by atoms with E-state index in [1.165, 1.54) is 29.5 Å². The minimum Gasteiger partial charge on any atom is -0.328 e. The summed E-state index contributed by atoms with van der Waals surface area (Å²) in [6.45, 7) is 1.87. The first kappa shape index (κ1) is 14.9. The van der Waals surface area contributed by atoms with Gasteiger partial charge in [0.1, 0.15) is 5.82 Å². The summed E-state index contributed by atoms with van der Waals surface area (Å²) >= 11 is 7.09. The summed E-state index contributed by atoms with van der Waals surface area (Å²) in [4.78, 5) is 16.2. The van der Waals surface area contributed by atoms with Crippen LogP contribution in [-0.4, -0.2) is 16.9 Å². The molecule has 0 radical (unpaired) electrons. The van der Waals surface area contributed by atoms with Gasteiger partial charge in [-0.05, 0) is 19.1 Å². The number of anilines is 1. The molecule has 1 aromatic heterocycles. The molecule has 3 N–H and O–H groups in total. The van der Waals surface area contributed by atoms with Crippen LogP contribution in [0.4, 0.5) is 9.52 Å². The number of carbonyl (C=O) groups excluding carboxylic acids is 1. The molecule has 4 nitrogen and oxygen atoms in total. The highest BCUT2D eigenvalue weighted by atomic mass is 35.5. The Bertz CT molecular complexity index is 610. The summed E-state index contributed by atoms with van der Waals surface area (Å²) in [5.41, 5.74) is 6.29. The fourth-order valence-electron chi connectivity index (χ4n) is 1.66. The third kappa shape index (κ3) is 3.53. The first-order valence-electron chi connectivity index (χ1n) is 5.92. The molecule has 20 heavy (non-hydrogen) atoms. The van der Waals surface area contributed by atoms with Gasteiger partial charge in [0, 0.05) is 17.8 Å². The molecule has 7 heteroatoms. The van der Waals surface area contributed by atoms with Gasteiger partial charge in [-0.25, -0.2) is 9.37 Å². The molecule has 1 amide bonds. The SMILES string of the molecule is CC(N)Cc1csc(NC(=O)c2c(F)cccc2Cl)n1. The van der Waals surface area contributed by atoms with Crippen LogP contribution in [0.15, 0.2) is 23.6 Å². The number of nitrogens with one attached hydrogen (secondary N) is 1. The van der Waals surface area contributed by atoms with Gasteiger partial charge >= 0.3 is 0 Å². The number of thiazole rings is 1. The number of rotatable bonds is 4. The van der Waals surface area contributed by atoms with Crippen LogP contribution in [-0.2, 0) is 6.42 Å². The number of aromatic nitrogens is 1. The van der Waals surface area contributed by atoms with Gasteiger partial charge in [0.2, 0.25) is 0 Å². The van der Waals surface area contributed by atoms with Gasteiger partial charge in [-0.15, -0.1) is 11.3 Å². The number of hydrogen-bond donors (Lipinski definition) is 2. The van der Waals surface area contributed by atoms with Crippen LogP contribution >= 0.6 is 22.9 Å². The molecule has 1 unspecified atom stereocenters. The van der Waals surface area contributed by atoms with Gasteiger partial charge in [0.15, 0.2) is 5.13 Å². The van der Waals surface area contributed by atoms with Gasteiger partial charge in [0.25, 0.3) is 5.91 Å². The van der Waals surface area contributed by atoms with Crippen molar-refractivity contribution in [1.29, 1.82) is 0 Å². The molecule has 0 aliphatic heterocycles. The quantitative estimate of drug-likeness (QED) is 0.911. The van der Waals surface area contributed by atoms with Crippen molar-refractivity contribution in [3.63, 3.8) is 0 Å². The number of carbonyl (C=O) groups is 1. The number of nitrogens with zero attached hydrogens (tertiary/aromatic N) is 1. The molecule has 0 saturated heterocycles. The molecule has 2 rings (SSSR count). The van der Waals surface area contributed by atoms with Crippen LogP contribution < -0.4 is 11.1 Å². The van der Waals surface area contributed by atoms with Crippen molar-refractivity contribution < 1.29 is 9.18 Å². The number of halogens is 2. The van der Waals surface area contributed by atoms with Crippen LogP contribution in [0.1, 0.15) is 23.0 Å². The molecule has 0 fully saturated rings. The van der Waals surface area contributed by atoms with Gasteiger partial charge in [0.05, 0.1) is 16.3 Å². The normalized spacial score (nSPS) is 12.2. The highest BCUT2D eigenvalue weighted by molar-refractivity contribution is 7.14. The Balaban J connectivity index is 2.14. The molecule has 1 aromatic carbocycles. The lowest BCUT2D eigenvalue weighted by Crippen LogP contribution is -2.18. The minimum atomic E-state index is -0.664. The number of amides is 1. The fraction of sp³-hybridized carbons (Fsp3) is 0.231. The van der Waals surface area contributed by atoms with Crippen molar-refractivity contribution in [2.45, 2.75) is 19.4 Å². The van der Waals surface area contributed by atoms with Crippen molar-refractivity contribution >= 4 is 34.0 Å². The molecule has 1 atom stereocenters. The summed E-state index contributed by atoms with van der Waals surface area (Å²) in [7, 11) is 0. The molecular formula is C13H13ClFN3OS. The standard InChI is InChI=1S/C13H13ClFN3OS/c1-7(16)5-8-6-20-13(17-8)18-12(19)11-9(14)3-2-4-10(11)15/h2-4,6-7H,5,16H2,1H3,(H,17,18,19). The molecule has 0 spiro atoms. The fourth-order valence-corrected chi connectivity index (χ4v) is 2.63. The van der Waals surface area contributed by atoms with Crippen LogP contribution in [0.5, 0.6) is 0 Å². The van der Waals surface area contributed by atoms with E-state index in [2.05, 4.69) is 10.3 Å². The van der Waals surface area contributed by atoms with Crippen molar-refractivity contribution in [3.05, 3.63) is 45.7 Å². The lowest BCUT2D eigenvalue weighted by Gasteiger charge is -2.05. The first-order chi connectivity index (χ1) is 9.47. The van der Waals surface area contributed by atoms with E-state index in [4.69, 9.17) is 17.3 Å². The van der Waals surface area contributed by atoms with Gasteiger partial charge in [-0.3, -0.25) is 10.1 Å².